The van der Waals surface area contributed by atoms with Crippen molar-refractivity contribution < 1.29 is 9.13 Å². The lowest BCUT2D eigenvalue weighted by molar-refractivity contribution is 0.0857. The molecule has 2 bridgehead atoms. The molecule has 3 rings (SSSR count). The van der Waals surface area contributed by atoms with Gasteiger partial charge in [0, 0.05) is 12.0 Å². The molecule has 0 spiro atoms. The summed E-state index contributed by atoms with van der Waals surface area (Å²) in [5.41, 5.74) is 3.66. The van der Waals surface area contributed by atoms with Gasteiger partial charge in [0.25, 0.3) is 0 Å². The van der Waals surface area contributed by atoms with Crippen LogP contribution in [0.5, 0.6) is 0 Å². The van der Waals surface area contributed by atoms with Crippen LogP contribution in [0.25, 0.3) is 0 Å². The zero-order valence-electron chi connectivity index (χ0n) is 10.6. The van der Waals surface area contributed by atoms with Crippen LogP contribution in [0.2, 0.25) is 5.02 Å². The van der Waals surface area contributed by atoms with Crippen LogP contribution < -0.4 is 11.3 Å². The van der Waals surface area contributed by atoms with Crippen LogP contribution in [0.4, 0.5) is 4.39 Å². The number of nitrogens with one attached hydrogen (secondary N) is 1. The number of benzene rings is 1. The maximum absolute atomic E-state index is 13.5. The number of ether oxygens (including phenoxy) is 1. The molecule has 3 nitrogen and oxygen atoms in total. The van der Waals surface area contributed by atoms with Crippen molar-refractivity contribution >= 4 is 11.6 Å². The molecule has 0 saturated carbocycles. The van der Waals surface area contributed by atoms with E-state index in [0.29, 0.717) is 24.5 Å². The van der Waals surface area contributed by atoms with Crippen molar-refractivity contribution in [2.75, 3.05) is 0 Å². The Morgan fingerprint density at radius 2 is 2.32 bits per heavy atom. The largest absolute Gasteiger partial charge is 0.375 e. The van der Waals surface area contributed by atoms with E-state index in [0.717, 1.165) is 24.8 Å². The molecule has 2 saturated heterocycles. The van der Waals surface area contributed by atoms with E-state index in [1.165, 1.54) is 6.07 Å². The van der Waals surface area contributed by atoms with Gasteiger partial charge < -0.3 is 4.74 Å². The minimum atomic E-state index is -0.376. The van der Waals surface area contributed by atoms with Gasteiger partial charge in [-0.05, 0) is 37.3 Å². The van der Waals surface area contributed by atoms with Crippen molar-refractivity contribution in [3.05, 3.63) is 34.6 Å². The van der Waals surface area contributed by atoms with E-state index in [1.807, 2.05) is 6.07 Å². The highest BCUT2D eigenvalue weighted by Crippen LogP contribution is 2.41. The van der Waals surface area contributed by atoms with Crippen LogP contribution in [0.3, 0.4) is 0 Å². The second-order valence-electron chi connectivity index (χ2n) is 5.46. The van der Waals surface area contributed by atoms with E-state index in [9.17, 15) is 4.39 Å². The first-order valence-corrected chi connectivity index (χ1v) is 7.11. The second-order valence-corrected chi connectivity index (χ2v) is 5.84. The van der Waals surface area contributed by atoms with Crippen LogP contribution in [-0.2, 0) is 11.2 Å². The lowest BCUT2D eigenvalue weighted by Gasteiger charge is -2.28. The maximum Gasteiger partial charge on any atom is 0.142 e. The maximum atomic E-state index is 13.5. The summed E-state index contributed by atoms with van der Waals surface area (Å²) in [7, 11) is 0. The van der Waals surface area contributed by atoms with Gasteiger partial charge in [0.05, 0.1) is 17.2 Å². The molecule has 0 amide bonds. The zero-order chi connectivity index (χ0) is 13.4. The molecule has 0 aliphatic carbocycles. The van der Waals surface area contributed by atoms with Gasteiger partial charge in [-0.1, -0.05) is 23.7 Å². The average molecular weight is 285 g/mol. The fourth-order valence-electron chi connectivity index (χ4n) is 3.38. The summed E-state index contributed by atoms with van der Waals surface area (Å²) in [5.74, 6) is 5.69. The molecule has 2 heterocycles. The fourth-order valence-corrected chi connectivity index (χ4v) is 3.58. The summed E-state index contributed by atoms with van der Waals surface area (Å²) < 4.78 is 19.3. The van der Waals surface area contributed by atoms with E-state index in [1.54, 1.807) is 6.07 Å². The number of fused-ring (bicyclic) bond motifs is 2. The van der Waals surface area contributed by atoms with Gasteiger partial charge in [0.1, 0.15) is 5.82 Å². The highest BCUT2D eigenvalue weighted by Gasteiger charge is 2.44. The highest BCUT2D eigenvalue weighted by molar-refractivity contribution is 6.31. The first-order chi connectivity index (χ1) is 9.19. The Balaban J connectivity index is 1.75. The molecule has 2 fully saturated rings. The first kappa shape index (κ1) is 13.3. The second kappa shape index (κ2) is 5.37. The average Bonchev–Trinajstić information content (AvgIpc) is 3.03. The smallest absolute Gasteiger partial charge is 0.142 e. The van der Waals surface area contributed by atoms with Crippen LogP contribution in [0, 0.1) is 11.7 Å². The molecule has 0 aromatic heterocycles. The Morgan fingerprint density at radius 3 is 2.95 bits per heavy atom. The van der Waals surface area contributed by atoms with Crippen LogP contribution >= 0.6 is 11.6 Å². The van der Waals surface area contributed by atoms with Gasteiger partial charge >= 0.3 is 0 Å². The summed E-state index contributed by atoms with van der Waals surface area (Å²) in [6, 6.07) is 4.98. The monoisotopic (exact) mass is 284 g/mol. The van der Waals surface area contributed by atoms with Gasteiger partial charge in [0.15, 0.2) is 0 Å². The summed E-state index contributed by atoms with van der Waals surface area (Å²) in [4.78, 5) is 0. The molecular weight excluding hydrogens is 267 g/mol. The molecule has 104 valence electrons. The quantitative estimate of drug-likeness (QED) is 0.659. The lowest BCUT2D eigenvalue weighted by atomic mass is 9.82. The number of nitrogens with two attached hydrogens (primary N) is 1. The van der Waals surface area contributed by atoms with Gasteiger partial charge in [-0.2, -0.15) is 0 Å². The molecule has 0 radical (unpaired) electrons. The number of rotatable bonds is 4. The topological polar surface area (TPSA) is 47.3 Å². The zero-order valence-corrected chi connectivity index (χ0v) is 11.4. The molecule has 2 aliphatic heterocycles. The van der Waals surface area contributed by atoms with Crippen LogP contribution in [0.15, 0.2) is 18.2 Å². The third-order valence-electron chi connectivity index (χ3n) is 4.36. The normalized spacial score (nSPS) is 30.8. The van der Waals surface area contributed by atoms with Crippen molar-refractivity contribution in [1.82, 2.24) is 5.43 Å². The van der Waals surface area contributed by atoms with Crippen molar-refractivity contribution in [2.45, 2.75) is 43.9 Å². The third kappa shape index (κ3) is 2.50. The van der Waals surface area contributed by atoms with Crippen molar-refractivity contribution in [2.24, 2.45) is 11.8 Å². The van der Waals surface area contributed by atoms with E-state index >= 15 is 0 Å². The number of halogens is 2. The van der Waals surface area contributed by atoms with E-state index in [2.05, 4.69) is 5.43 Å². The molecule has 1 aromatic rings. The minimum absolute atomic E-state index is 0.0783. The van der Waals surface area contributed by atoms with Gasteiger partial charge in [-0.15, -0.1) is 0 Å². The summed E-state index contributed by atoms with van der Waals surface area (Å²) in [6.07, 6.45) is 4.59. The van der Waals surface area contributed by atoms with E-state index < -0.39 is 0 Å². The predicted molar refractivity (Wildman–Crippen MR) is 72.2 cm³/mol. The minimum Gasteiger partial charge on any atom is -0.375 e. The summed E-state index contributed by atoms with van der Waals surface area (Å²) >= 11 is 6.01. The Hall–Kier alpha value is -0.680. The number of hydrogen-bond acceptors (Lipinski definition) is 3. The summed E-state index contributed by atoms with van der Waals surface area (Å²) in [6.45, 7) is 0. The molecule has 4 unspecified atom stereocenters. The van der Waals surface area contributed by atoms with Crippen molar-refractivity contribution in [1.29, 1.82) is 0 Å². The van der Waals surface area contributed by atoms with Crippen molar-refractivity contribution in [3.63, 3.8) is 0 Å². The van der Waals surface area contributed by atoms with Crippen LogP contribution in [-0.4, -0.2) is 18.2 Å². The number of hydrazine groups is 1. The highest BCUT2D eigenvalue weighted by atomic mass is 35.5. The van der Waals surface area contributed by atoms with E-state index in [4.69, 9.17) is 22.2 Å². The Kier molecular flexibility index (Phi) is 3.76. The molecule has 5 heteroatoms. The van der Waals surface area contributed by atoms with Gasteiger partial charge in [-0.3, -0.25) is 11.3 Å². The first-order valence-electron chi connectivity index (χ1n) is 6.73. The van der Waals surface area contributed by atoms with Crippen LogP contribution in [0.1, 0.15) is 24.8 Å². The van der Waals surface area contributed by atoms with Crippen molar-refractivity contribution in [3.8, 4) is 0 Å². The predicted octanol–water partition coefficient (Wildman–Crippen LogP) is 2.42. The summed E-state index contributed by atoms with van der Waals surface area (Å²) in [5, 5.41) is 0.201. The molecule has 1 aromatic carbocycles. The lowest BCUT2D eigenvalue weighted by Crippen LogP contribution is -2.45. The number of hydrogen-bond donors (Lipinski definition) is 2. The molecule has 4 atom stereocenters. The Bertz CT molecular complexity index is 471. The van der Waals surface area contributed by atoms with Gasteiger partial charge in [0.2, 0.25) is 0 Å². The molecule has 3 N–H and O–H groups in total. The van der Waals surface area contributed by atoms with Gasteiger partial charge in [-0.25, -0.2) is 4.39 Å². The standard InChI is InChI=1S/C14H18ClFN2O/c15-14-8(2-1-3-11(14)16)6-12(18-17)10-7-9-4-5-13(10)19-9/h1-3,9-10,12-13,18H,4-7,17H2. The Labute approximate surface area is 117 Å². The SMILES string of the molecule is NNC(Cc1cccc(F)c1Cl)C1CC2CCC1O2. The Morgan fingerprint density at radius 1 is 1.47 bits per heavy atom. The fraction of sp³-hybridized carbons (Fsp3) is 0.571. The van der Waals surface area contributed by atoms with E-state index in [-0.39, 0.29) is 16.9 Å². The third-order valence-corrected chi connectivity index (χ3v) is 4.78. The molecule has 19 heavy (non-hydrogen) atoms. The molecular formula is C14H18ClFN2O. The molecule has 2 aliphatic rings.